The summed E-state index contributed by atoms with van der Waals surface area (Å²) >= 11 is 0. The van der Waals surface area contributed by atoms with Crippen LogP contribution in [0.25, 0.3) is 0 Å². The van der Waals surface area contributed by atoms with Gasteiger partial charge in [0.2, 0.25) is 0 Å². The van der Waals surface area contributed by atoms with Gasteiger partial charge in [-0.15, -0.1) is 0 Å². The highest BCUT2D eigenvalue weighted by molar-refractivity contribution is 6.06. The third-order valence-corrected chi connectivity index (χ3v) is 4.15. The predicted octanol–water partition coefficient (Wildman–Crippen LogP) is 1.22. The van der Waals surface area contributed by atoms with Crippen molar-refractivity contribution in [2.45, 2.75) is 57.5 Å². The molecule has 2 atom stereocenters. The number of nitrogens with zero attached hydrogens (tertiary/aromatic N) is 1. The summed E-state index contributed by atoms with van der Waals surface area (Å²) in [5.41, 5.74) is 5.04. The van der Waals surface area contributed by atoms with Crippen LogP contribution in [-0.4, -0.2) is 35.0 Å². The van der Waals surface area contributed by atoms with E-state index >= 15 is 0 Å². The lowest BCUT2D eigenvalue weighted by molar-refractivity contribution is -0.132. The van der Waals surface area contributed by atoms with E-state index in [4.69, 9.17) is 5.73 Å². The van der Waals surface area contributed by atoms with Gasteiger partial charge in [-0.3, -0.25) is 9.69 Å². The molecule has 1 heterocycles. The molecule has 2 unspecified atom stereocenters. The number of nitrogens with two attached hydrogens (primary N) is 1. The van der Waals surface area contributed by atoms with Crippen LogP contribution in [0.4, 0.5) is 4.79 Å². The van der Waals surface area contributed by atoms with Crippen molar-refractivity contribution in [3.63, 3.8) is 0 Å². The SMILES string of the molecule is CC1(C)NC(=O)N(C2CCCCCC2CN)C1=O. The lowest BCUT2D eigenvalue weighted by atomic mass is 9.93. The Balaban J connectivity index is 2.23. The van der Waals surface area contributed by atoms with Crippen LogP contribution >= 0.6 is 0 Å². The Morgan fingerprint density at radius 2 is 1.94 bits per heavy atom. The van der Waals surface area contributed by atoms with Crippen LogP contribution in [-0.2, 0) is 4.79 Å². The zero-order valence-corrected chi connectivity index (χ0v) is 11.2. The van der Waals surface area contributed by atoms with E-state index in [2.05, 4.69) is 5.32 Å². The monoisotopic (exact) mass is 253 g/mol. The molecule has 3 amide bonds. The fraction of sp³-hybridized carbons (Fsp3) is 0.846. The Morgan fingerprint density at radius 3 is 2.50 bits per heavy atom. The highest BCUT2D eigenvalue weighted by Crippen LogP contribution is 2.30. The summed E-state index contributed by atoms with van der Waals surface area (Å²) in [5.74, 6) is 0.133. The van der Waals surface area contributed by atoms with Gasteiger partial charge in [0.25, 0.3) is 5.91 Å². The maximum atomic E-state index is 12.3. The fourth-order valence-electron chi connectivity index (χ4n) is 3.06. The molecule has 18 heavy (non-hydrogen) atoms. The fourth-order valence-corrected chi connectivity index (χ4v) is 3.06. The molecule has 1 saturated carbocycles. The minimum atomic E-state index is -0.775. The number of carbonyl (C=O) groups is 2. The molecule has 2 fully saturated rings. The number of nitrogens with one attached hydrogen (secondary N) is 1. The van der Waals surface area contributed by atoms with E-state index in [9.17, 15) is 9.59 Å². The Bertz CT molecular complexity index is 354. The average molecular weight is 253 g/mol. The number of carbonyl (C=O) groups excluding carboxylic acids is 2. The number of amides is 3. The molecule has 0 aromatic rings. The number of hydrogen-bond acceptors (Lipinski definition) is 3. The summed E-state index contributed by atoms with van der Waals surface area (Å²) in [5, 5.41) is 2.75. The van der Waals surface area contributed by atoms with Crippen molar-refractivity contribution >= 4 is 11.9 Å². The lowest BCUT2D eigenvalue weighted by Crippen LogP contribution is -2.47. The molecule has 0 radical (unpaired) electrons. The van der Waals surface area contributed by atoms with Gasteiger partial charge in [-0.05, 0) is 39.2 Å². The molecule has 0 spiro atoms. The van der Waals surface area contributed by atoms with Gasteiger partial charge in [0.15, 0.2) is 0 Å². The first-order valence-electron chi connectivity index (χ1n) is 6.83. The van der Waals surface area contributed by atoms with Crippen LogP contribution < -0.4 is 11.1 Å². The Kier molecular flexibility index (Phi) is 3.61. The van der Waals surface area contributed by atoms with E-state index in [0.29, 0.717) is 6.54 Å². The van der Waals surface area contributed by atoms with Crippen molar-refractivity contribution in [1.29, 1.82) is 0 Å². The smallest absolute Gasteiger partial charge is 0.325 e. The summed E-state index contributed by atoms with van der Waals surface area (Å²) in [6.07, 6.45) is 5.28. The van der Waals surface area contributed by atoms with Crippen LogP contribution in [0.15, 0.2) is 0 Å². The summed E-state index contributed by atoms with van der Waals surface area (Å²) in [6, 6.07) is -0.276. The molecule has 102 valence electrons. The van der Waals surface area contributed by atoms with Gasteiger partial charge in [-0.1, -0.05) is 19.3 Å². The van der Waals surface area contributed by atoms with Gasteiger partial charge in [-0.2, -0.15) is 0 Å². The van der Waals surface area contributed by atoms with Crippen molar-refractivity contribution in [3.05, 3.63) is 0 Å². The molecule has 1 saturated heterocycles. The van der Waals surface area contributed by atoms with E-state index in [0.717, 1.165) is 25.7 Å². The van der Waals surface area contributed by atoms with E-state index in [1.54, 1.807) is 13.8 Å². The molecule has 0 aromatic carbocycles. The second kappa shape index (κ2) is 4.88. The zero-order chi connectivity index (χ0) is 13.3. The standard InChI is InChI=1S/C13H23N3O2/c1-13(2)11(17)16(12(18)15-13)10-7-5-3-4-6-9(10)8-14/h9-10H,3-8,14H2,1-2H3,(H,15,18). The summed E-state index contributed by atoms with van der Waals surface area (Å²) in [7, 11) is 0. The van der Waals surface area contributed by atoms with Crippen LogP contribution in [0.5, 0.6) is 0 Å². The molecule has 2 aliphatic rings. The van der Waals surface area contributed by atoms with Crippen molar-refractivity contribution in [2.24, 2.45) is 11.7 Å². The quantitative estimate of drug-likeness (QED) is 0.574. The third-order valence-electron chi connectivity index (χ3n) is 4.15. The summed E-state index contributed by atoms with van der Waals surface area (Å²) in [6.45, 7) is 4.05. The van der Waals surface area contributed by atoms with Gasteiger partial charge in [0, 0.05) is 6.04 Å². The molecule has 0 aromatic heterocycles. The second-order valence-electron chi connectivity index (χ2n) is 5.93. The van der Waals surface area contributed by atoms with E-state index in [1.807, 2.05) is 0 Å². The third kappa shape index (κ3) is 2.23. The van der Waals surface area contributed by atoms with Gasteiger partial charge in [-0.25, -0.2) is 4.79 Å². The number of rotatable bonds is 2. The van der Waals surface area contributed by atoms with Crippen molar-refractivity contribution in [2.75, 3.05) is 6.54 Å². The second-order valence-corrected chi connectivity index (χ2v) is 5.93. The molecule has 1 aliphatic heterocycles. The van der Waals surface area contributed by atoms with Crippen LogP contribution in [0.2, 0.25) is 0 Å². The zero-order valence-electron chi connectivity index (χ0n) is 11.2. The first-order valence-corrected chi connectivity index (χ1v) is 6.83. The van der Waals surface area contributed by atoms with E-state index in [-0.39, 0.29) is 23.9 Å². The van der Waals surface area contributed by atoms with E-state index < -0.39 is 5.54 Å². The lowest BCUT2D eigenvalue weighted by Gasteiger charge is -2.31. The highest BCUT2D eigenvalue weighted by Gasteiger charge is 2.48. The predicted molar refractivity (Wildman–Crippen MR) is 68.9 cm³/mol. The number of imide groups is 1. The molecular weight excluding hydrogens is 230 g/mol. The van der Waals surface area contributed by atoms with Crippen LogP contribution in [0, 0.1) is 5.92 Å². The van der Waals surface area contributed by atoms with Gasteiger partial charge < -0.3 is 11.1 Å². The molecule has 3 N–H and O–H groups in total. The van der Waals surface area contributed by atoms with Crippen molar-refractivity contribution in [3.8, 4) is 0 Å². The molecule has 0 bridgehead atoms. The first-order chi connectivity index (χ1) is 8.47. The number of urea groups is 1. The summed E-state index contributed by atoms with van der Waals surface area (Å²) < 4.78 is 0. The van der Waals surface area contributed by atoms with Crippen LogP contribution in [0.1, 0.15) is 46.0 Å². The van der Waals surface area contributed by atoms with Crippen molar-refractivity contribution < 1.29 is 9.59 Å². The maximum Gasteiger partial charge on any atom is 0.325 e. The average Bonchev–Trinajstić information content (AvgIpc) is 2.50. The normalized spacial score (nSPS) is 32.3. The molecule has 5 heteroatoms. The Hall–Kier alpha value is -1.10. The Morgan fingerprint density at radius 1 is 1.28 bits per heavy atom. The largest absolute Gasteiger partial charge is 0.330 e. The van der Waals surface area contributed by atoms with Gasteiger partial charge >= 0.3 is 6.03 Å². The van der Waals surface area contributed by atoms with Crippen LogP contribution in [0.3, 0.4) is 0 Å². The minimum Gasteiger partial charge on any atom is -0.330 e. The minimum absolute atomic E-state index is 0.0215. The van der Waals surface area contributed by atoms with Crippen molar-refractivity contribution in [1.82, 2.24) is 10.2 Å². The maximum absolute atomic E-state index is 12.3. The van der Waals surface area contributed by atoms with E-state index in [1.165, 1.54) is 11.3 Å². The van der Waals surface area contributed by atoms with Gasteiger partial charge in [0.1, 0.15) is 5.54 Å². The molecule has 2 rings (SSSR count). The van der Waals surface area contributed by atoms with Gasteiger partial charge in [0.05, 0.1) is 0 Å². The Labute approximate surface area is 108 Å². The number of hydrogen-bond donors (Lipinski definition) is 2. The topological polar surface area (TPSA) is 75.4 Å². The first kappa shape index (κ1) is 13.3. The molecular formula is C13H23N3O2. The molecule has 5 nitrogen and oxygen atoms in total. The highest BCUT2D eigenvalue weighted by atomic mass is 16.2. The summed E-state index contributed by atoms with van der Waals surface area (Å²) in [4.78, 5) is 25.8. The molecule has 1 aliphatic carbocycles.